The van der Waals surface area contributed by atoms with Gasteiger partial charge in [-0.15, -0.1) is 10.2 Å². The monoisotopic (exact) mass is 408 g/mol. The molecule has 2 heterocycles. The molecule has 1 aromatic carbocycles. The van der Waals surface area contributed by atoms with Gasteiger partial charge in [-0.05, 0) is 51.0 Å². The quantitative estimate of drug-likeness (QED) is 0.618. The van der Waals surface area contributed by atoms with Gasteiger partial charge in [0.15, 0.2) is 0 Å². The molecule has 3 aromatic rings. The van der Waals surface area contributed by atoms with Gasteiger partial charge in [0.25, 0.3) is 5.91 Å². The molecule has 2 aromatic heterocycles. The first-order valence-electron chi connectivity index (χ1n) is 9.91. The Morgan fingerprint density at radius 1 is 1.03 bits per heavy atom. The van der Waals surface area contributed by atoms with Crippen molar-refractivity contribution in [2.45, 2.75) is 51.9 Å². The van der Waals surface area contributed by atoms with Gasteiger partial charge >= 0.3 is 0 Å². The number of hydrogen-bond acceptors (Lipinski definition) is 7. The number of nitrogens with one attached hydrogen (secondary N) is 2. The number of rotatable bonds is 5. The lowest BCUT2D eigenvalue weighted by Crippen LogP contribution is -2.12. The van der Waals surface area contributed by atoms with E-state index in [0.717, 1.165) is 34.9 Å². The maximum Gasteiger partial charge on any atom is 0.257 e. The maximum absolute atomic E-state index is 12.7. The average molecular weight is 409 g/mol. The molecule has 1 saturated carbocycles. The van der Waals surface area contributed by atoms with Gasteiger partial charge in [0, 0.05) is 28.6 Å². The SMILES string of the molecule is Cc1cc(C)nc(Nc2cccc(C(=O)Nc3nnc(C4CCCCC4)s3)c2)n1. The van der Waals surface area contributed by atoms with E-state index in [-0.39, 0.29) is 5.91 Å². The van der Waals surface area contributed by atoms with Crippen molar-refractivity contribution in [3.8, 4) is 0 Å². The molecular formula is C21H24N6OS. The third-order valence-electron chi connectivity index (χ3n) is 4.98. The van der Waals surface area contributed by atoms with E-state index in [9.17, 15) is 4.79 Å². The van der Waals surface area contributed by atoms with E-state index in [1.165, 1.54) is 30.6 Å². The highest BCUT2D eigenvalue weighted by molar-refractivity contribution is 7.15. The molecule has 2 N–H and O–H groups in total. The minimum Gasteiger partial charge on any atom is -0.324 e. The highest BCUT2D eigenvalue weighted by Crippen LogP contribution is 2.35. The zero-order chi connectivity index (χ0) is 20.2. The van der Waals surface area contributed by atoms with E-state index < -0.39 is 0 Å². The average Bonchev–Trinajstić information content (AvgIpc) is 3.16. The van der Waals surface area contributed by atoms with Crippen molar-refractivity contribution in [1.29, 1.82) is 0 Å². The summed E-state index contributed by atoms with van der Waals surface area (Å²) in [4.78, 5) is 21.4. The molecule has 8 heteroatoms. The van der Waals surface area contributed by atoms with Gasteiger partial charge in [-0.25, -0.2) is 9.97 Å². The lowest BCUT2D eigenvalue weighted by Gasteiger charge is -2.18. The van der Waals surface area contributed by atoms with Crippen LogP contribution in [0.2, 0.25) is 0 Å². The molecule has 150 valence electrons. The number of aryl methyl sites for hydroxylation is 2. The zero-order valence-electron chi connectivity index (χ0n) is 16.6. The maximum atomic E-state index is 12.7. The van der Waals surface area contributed by atoms with Crippen molar-refractivity contribution >= 4 is 34.0 Å². The lowest BCUT2D eigenvalue weighted by atomic mass is 9.90. The molecule has 0 unspecified atom stereocenters. The highest BCUT2D eigenvalue weighted by Gasteiger charge is 2.20. The topological polar surface area (TPSA) is 92.7 Å². The number of hydrogen-bond donors (Lipinski definition) is 2. The zero-order valence-corrected chi connectivity index (χ0v) is 17.4. The smallest absolute Gasteiger partial charge is 0.257 e. The molecule has 0 saturated heterocycles. The van der Waals surface area contributed by atoms with E-state index in [4.69, 9.17) is 0 Å². The molecule has 7 nitrogen and oxygen atoms in total. The number of nitrogens with zero attached hydrogens (tertiary/aromatic N) is 4. The van der Waals surface area contributed by atoms with Crippen LogP contribution in [0.3, 0.4) is 0 Å². The van der Waals surface area contributed by atoms with Crippen LogP contribution in [0.15, 0.2) is 30.3 Å². The summed E-state index contributed by atoms with van der Waals surface area (Å²) in [6.07, 6.45) is 6.12. The standard InChI is InChI=1S/C21H24N6OS/c1-13-11-14(2)23-20(22-13)24-17-10-6-9-16(12-17)18(28)25-21-27-26-19(29-21)15-7-4-3-5-8-15/h6,9-12,15H,3-5,7-8H2,1-2H3,(H,22,23,24)(H,25,27,28). The van der Waals surface area contributed by atoms with Crippen LogP contribution in [0.5, 0.6) is 0 Å². The largest absolute Gasteiger partial charge is 0.324 e. The normalized spacial score (nSPS) is 14.6. The van der Waals surface area contributed by atoms with Crippen molar-refractivity contribution in [2.75, 3.05) is 10.6 Å². The van der Waals surface area contributed by atoms with Gasteiger partial charge in [0.05, 0.1) is 0 Å². The third-order valence-corrected chi connectivity index (χ3v) is 5.98. The Balaban J connectivity index is 1.44. The van der Waals surface area contributed by atoms with Gasteiger partial charge in [0.2, 0.25) is 11.1 Å². The van der Waals surface area contributed by atoms with Crippen LogP contribution < -0.4 is 10.6 Å². The molecule has 1 aliphatic carbocycles. The number of aromatic nitrogens is 4. The Kier molecular flexibility index (Phi) is 5.80. The Morgan fingerprint density at radius 3 is 2.55 bits per heavy atom. The van der Waals surface area contributed by atoms with E-state index >= 15 is 0 Å². The molecule has 1 fully saturated rings. The molecule has 4 rings (SSSR count). The molecule has 0 spiro atoms. The molecule has 0 atom stereocenters. The molecular weight excluding hydrogens is 384 g/mol. The molecule has 0 bridgehead atoms. The summed E-state index contributed by atoms with van der Waals surface area (Å²) in [7, 11) is 0. The Hall–Kier alpha value is -2.87. The number of benzene rings is 1. The number of amides is 1. The number of carbonyl (C=O) groups is 1. The fourth-order valence-electron chi connectivity index (χ4n) is 3.62. The van der Waals surface area contributed by atoms with Gasteiger partial charge in [0.1, 0.15) is 5.01 Å². The van der Waals surface area contributed by atoms with E-state index in [1.807, 2.05) is 32.0 Å². The Labute approximate surface area is 174 Å². The first kappa shape index (κ1) is 19.4. The highest BCUT2D eigenvalue weighted by atomic mass is 32.1. The molecule has 1 amide bonds. The van der Waals surface area contributed by atoms with Gasteiger partial charge in [-0.1, -0.05) is 36.7 Å². The Bertz CT molecular complexity index is 992. The van der Waals surface area contributed by atoms with Gasteiger partial charge in [-0.2, -0.15) is 0 Å². The number of anilines is 3. The first-order chi connectivity index (χ1) is 14.1. The summed E-state index contributed by atoms with van der Waals surface area (Å²) in [6.45, 7) is 3.85. The van der Waals surface area contributed by atoms with Crippen LogP contribution in [-0.2, 0) is 0 Å². The van der Waals surface area contributed by atoms with E-state index in [2.05, 4.69) is 30.8 Å². The van der Waals surface area contributed by atoms with E-state index in [1.54, 1.807) is 12.1 Å². The fraction of sp³-hybridized carbons (Fsp3) is 0.381. The van der Waals surface area contributed by atoms with Crippen LogP contribution in [0.1, 0.15) is 64.8 Å². The van der Waals surface area contributed by atoms with Crippen molar-refractivity contribution in [3.63, 3.8) is 0 Å². The van der Waals surface area contributed by atoms with Gasteiger partial charge in [-0.3, -0.25) is 10.1 Å². The number of carbonyl (C=O) groups excluding carboxylic acids is 1. The van der Waals surface area contributed by atoms with Crippen molar-refractivity contribution in [3.05, 3.63) is 52.3 Å². The van der Waals surface area contributed by atoms with Crippen LogP contribution in [0, 0.1) is 13.8 Å². The second-order valence-electron chi connectivity index (χ2n) is 7.41. The summed E-state index contributed by atoms with van der Waals surface area (Å²) < 4.78 is 0. The summed E-state index contributed by atoms with van der Waals surface area (Å²) in [5.74, 6) is 0.792. The molecule has 1 aliphatic rings. The molecule has 0 aliphatic heterocycles. The van der Waals surface area contributed by atoms with E-state index in [0.29, 0.717) is 22.6 Å². The van der Waals surface area contributed by atoms with Crippen LogP contribution >= 0.6 is 11.3 Å². The fourth-order valence-corrected chi connectivity index (χ4v) is 4.53. The van der Waals surface area contributed by atoms with Crippen LogP contribution in [0.25, 0.3) is 0 Å². The summed E-state index contributed by atoms with van der Waals surface area (Å²) in [5, 5.41) is 16.1. The predicted octanol–water partition coefficient (Wildman–Crippen LogP) is 4.99. The minimum atomic E-state index is -0.207. The third kappa shape index (κ3) is 4.95. The van der Waals surface area contributed by atoms with Crippen molar-refractivity contribution in [2.24, 2.45) is 0 Å². The van der Waals surface area contributed by atoms with Crippen molar-refractivity contribution < 1.29 is 4.79 Å². The second kappa shape index (κ2) is 8.65. The molecule has 29 heavy (non-hydrogen) atoms. The predicted molar refractivity (Wildman–Crippen MR) is 115 cm³/mol. The van der Waals surface area contributed by atoms with Crippen LogP contribution in [0.4, 0.5) is 16.8 Å². The second-order valence-corrected chi connectivity index (χ2v) is 8.42. The summed E-state index contributed by atoms with van der Waals surface area (Å²) in [6, 6.07) is 9.17. The van der Waals surface area contributed by atoms with Crippen molar-refractivity contribution in [1.82, 2.24) is 20.2 Å². The van der Waals surface area contributed by atoms with Gasteiger partial charge < -0.3 is 5.32 Å². The minimum absolute atomic E-state index is 0.207. The first-order valence-corrected chi connectivity index (χ1v) is 10.7. The molecule has 0 radical (unpaired) electrons. The van der Waals surface area contributed by atoms with Crippen LogP contribution in [-0.4, -0.2) is 26.1 Å². The Morgan fingerprint density at radius 2 is 1.79 bits per heavy atom. The summed E-state index contributed by atoms with van der Waals surface area (Å²) >= 11 is 1.48. The summed E-state index contributed by atoms with van der Waals surface area (Å²) in [5.41, 5.74) is 3.06. The lowest BCUT2D eigenvalue weighted by molar-refractivity contribution is 0.102.